The van der Waals surface area contributed by atoms with Gasteiger partial charge in [0.1, 0.15) is 5.75 Å². The molecule has 0 unspecified atom stereocenters. The van der Waals surface area contributed by atoms with Crippen LogP contribution in [0.5, 0.6) is 5.75 Å². The van der Waals surface area contributed by atoms with Gasteiger partial charge in [-0.25, -0.2) is 0 Å². The van der Waals surface area contributed by atoms with E-state index in [1.165, 1.54) is 6.07 Å². The molecule has 1 aromatic carbocycles. The van der Waals surface area contributed by atoms with Crippen molar-refractivity contribution in [1.29, 1.82) is 0 Å². The number of likely N-dealkylation sites (N-methyl/N-ethyl adjacent to an activating group) is 1. The molecule has 0 atom stereocenters. The van der Waals surface area contributed by atoms with E-state index >= 15 is 0 Å². The highest BCUT2D eigenvalue weighted by Crippen LogP contribution is 2.29. The maximum Gasteiger partial charge on any atom is 0.573 e. The van der Waals surface area contributed by atoms with Gasteiger partial charge in [-0.15, -0.1) is 13.2 Å². The van der Waals surface area contributed by atoms with E-state index in [-0.39, 0.29) is 5.75 Å². The Morgan fingerprint density at radius 3 is 2.50 bits per heavy atom. The number of piperazine rings is 1. The number of benzene rings is 1. The number of ether oxygens (including phenoxy) is 1. The molecule has 0 N–H and O–H groups in total. The van der Waals surface area contributed by atoms with E-state index in [0.29, 0.717) is 12.0 Å². The van der Waals surface area contributed by atoms with Crippen LogP contribution in [0, 0.1) is 0 Å². The third-order valence-electron chi connectivity index (χ3n) is 3.76. The summed E-state index contributed by atoms with van der Waals surface area (Å²) in [5, 5.41) is 0. The Balaban J connectivity index is 1.89. The molecule has 1 heterocycles. The van der Waals surface area contributed by atoms with E-state index in [4.69, 9.17) is 0 Å². The minimum Gasteiger partial charge on any atom is -0.406 e. The van der Waals surface area contributed by atoms with Crippen molar-refractivity contribution in [1.82, 2.24) is 9.80 Å². The highest BCUT2D eigenvalue weighted by Gasteiger charge is 2.32. The molecule has 1 aliphatic rings. The van der Waals surface area contributed by atoms with Gasteiger partial charge in [0, 0.05) is 30.7 Å². The van der Waals surface area contributed by atoms with Gasteiger partial charge in [-0.2, -0.15) is 0 Å². The summed E-state index contributed by atoms with van der Waals surface area (Å²) in [7, 11) is 2.10. The first-order valence-electron chi connectivity index (χ1n) is 7.28. The van der Waals surface area contributed by atoms with Crippen LogP contribution >= 0.6 is 15.9 Å². The van der Waals surface area contributed by atoms with Crippen molar-refractivity contribution in [2.45, 2.75) is 19.2 Å². The molecule has 124 valence electrons. The highest BCUT2D eigenvalue weighted by atomic mass is 79.9. The van der Waals surface area contributed by atoms with Crippen LogP contribution in [0.15, 0.2) is 22.7 Å². The van der Waals surface area contributed by atoms with E-state index in [1.54, 1.807) is 12.1 Å². The van der Waals surface area contributed by atoms with Gasteiger partial charge < -0.3 is 14.5 Å². The van der Waals surface area contributed by atoms with Crippen LogP contribution in [0.25, 0.3) is 0 Å². The molecule has 3 nitrogen and oxygen atoms in total. The lowest BCUT2D eigenvalue weighted by molar-refractivity contribution is -0.274. The van der Waals surface area contributed by atoms with Crippen molar-refractivity contribution in [3.8, 4) is 5.75 Å². The fourth-order valence-electron chi connectivity index (χ4n) is 2.53. The quantitative estimate of drug-likeness (QED) is 0.776. The molecule has 1 aliphatic heterocycles. The molecule has 0 spiro atoms. The first-order valence-corrected chi connectivity index (χ1v) is 8.08. The molecule has 0 aromatic heterocycles. The zero-order valence-corrected chi connectivity index (χ0v) is 14.1. The largest absolute Gasteiger partial charge is 0.573 e. The van der Waals surface area contributed by atoms with Crippen LogP contribution in [0.3, 0.4) is 0 Å². The van der Waals surface area contributed by atoms with Crippen LogP contribution in [0.2, 0.25) is 0 Å². The Bertz CT molecular complexity index is 488. The maximum absolute atomic E-state index is 12.4. The summed E-state index contributed by atoms with van der Waals surface area (Å²) in [6, 6.07) is 4.62. The van der Waals surface area contributed by atoms with Gasteiger partial charge in [-0.3, -0.25) is 0 Å². The Morgan fingerprint density at radius 2 is 1.86 bits per heavy atom. The van der Waals surface area contributed by atoms with Crippen LogP contribution in [-0.2, 0) is 6.42 Å². The topological polar surface area (TPSA) is 15.7 Å². The van der Waals surface area contributed by atoms with Crippen LogP contribution < -0.4 is 4.74 Å². The minimum absolute atomic E-state index is 0.103. The van der Waals surface area contributed by atoms with Crippen molar-refractivity contribution in [2.75, 3.05) is 39.8 Å². The number of hydrogen-bond acceptors (Lipinski definition) is 3. The van der Waals surface area contributed by atoms with E-state index in [2.05, 4.69) is 37.5 Å². The number of aryl methyl sites for hydroxylation is 1. The Labute approximate surface area is 137 Å². The predicted molar refractivity (Wildman–Crippen MR) is 83.1 cm³/mol. The second-order valence-electron chi connectivity index (χ2n) is 5.55. The lowest BCUT2D eigenvalue weighted by Crippen LogP contribution is -2.44. The molecule has 1 fully saturated rings. The molecular formula is C15H20BrF3N2O. The monoisotopic (exact) mass is 380 g/mol. The van der Waals surface area contributed by atoms with Gasteiger partial charge in [0.2, 0.25) is 0 Å². The number of nitrogens with zero attached hydrogens (tertiary/aromatic N) is 2. The van der Waals surface area contributed by atoms with Crippen LogP contribution in [-0.4, -0.2) is 55.9 Å². The molecule has 22 heavy (non-hydrogen) atoms. The average molecular weight is 381 g/mol. The summed E-state index contributed by atoms with van der Waals surface area (Å²) in [5.41, 5.74) is 0.584. The van der Waals surface area contributed by atoms with Crippen molar-refractivity contribution >= 4 is 15.9 Å². The molecule has 0 bridgehead atoms. The lowest BCUT2D eigenvalue weighted by atomic mass is 10.1. The molecule has 1 saturated heterocycles. The third-order valence-corrected chi connectivity index (χ3v) is 4.26. The second kappa shape index (κ2) is 7.66. The number of alkyl halides is 3. The molecular weight excluding hydrogens is 361 g/mol. The number of halogens is 4. The lowest BCUT2D eigenvalue weighted by Gasteiger charge is -2.32. The van der Waals surface area contributed by atoms with Crippen molar-refractivity contribution < 1.29 is 17.9 Å². The third kappa shape index (κ3) is 5.78. The zero-order chi connectivity index (χ0) is 16.2. The van der Waals surface area contributed by atoms with E-state index in [0.717, 1.165) is 43.6 Å². The Hall–Kier alpha value is -0.790. The van der Waals surface area contributed by atoms with Gasteiger partial charge in [0.25, 0.3) is 0 Å². The Kier molecular flexibility index (Phi) is 6.11. The van der Waals surface area contributed by atoms with Crippen molar-refractivity contribution in [3.63, 3.8) is 0 Å². The zero-order valence-electron chi connectivity index (χ0n) is 12.5. The SMILES string of the molecule is CN1CCN(CCCc2cc(Br)ccc2OC(F)(F)F)CC1. The van der Waals surface area contributed by atoms with Gasteiger partial charge in [0.15, 0.2) is 0 Å². The summed E-state index contributed by atoms with van der Waals surface area (Å²) < 4.78 is 42.1. The predicted octanol–water partition coefficient (Wildman–Crippen LogP) is 3.53. The van der Waals surface area contributed by atoms with E-state index < -0.39 is 6.36 Å². The van der Waals surface area contributed by atoms with Gasteiger partial charge in [-0.1, -0.05) is 15.9 Å². The highest BCUT2D eigenvalue weighted by molar-refractivity contribution is 9.10. The molecule has 2 rings (SSSR count). The van der Waals surface area contributed by atoms with Crippen molar-refractivity contribution in [3.05, 3.63) is 28.2 Å². The minimum atomic E-state index is -4.65. The summed E-state index contributed by atoms with van der Waals surface area (Å²) in [6.45, 7) is 5.01. The van der Waals surface area contributed by atoms with Crippen molar-refractivity contribution in [2.24, 2.45) is 0 Å². The molecule has 0 saturated carbocycles. The molecule has 0 radical (unpaired) electrons. The standard InChI is InChI=1S/C15H20BrF3N2O/c1-20-7-9-21(10-8-20)6-2-3-12-11-13(16)4-5-14(12)22-15(17,18)19/h4-5,11H,2-3,6-10H2,1H3. The smallest absolute Gasteiger partial charge is 0.406 e. The van der Waals surface area contributed by atoms with Gasteiger partial charge in [0.05, 0.1) is 0 Å². The fourth-order valence-corrected chi connectivity index (χ4v) is 2.94. The van der Waals surface area contributed by atoms with Gasteiger partial charge >= 0.3 is 6.36 Å². The Morgan fingerprint density at radius 1 is 1.18 bits per heavy atom. The van der Waals surface area contributed by atoms with E-state index in [1.807, 2.05) is 0 Å². The maximum atomic E-state index is 12.4. The summed E-state index contributed by atoms with van der Waals surface area (Å²) in [4.78, 5) is 4.63. The number of hydrogen-bond donors (Lipinski definition) is 0. The number of rotatable bonds is 5. The summed E-state index contributed by atoms with van der Waals surface area (Å²) in [6.07, 6.45) is -3.27. The molecule has 0 aliphatic carbocycles. The second-order valence-corrected chi connectivity index (χ2v) is 6.46. The molecule has 0 amide bonds. The van der Waals surface area contributed by atoms with E-state index in [9.17, 15) is 13.2 Å². The molecule has 1 aromatic rings. The first-order chi connectivity index (χ1) is 10.3. The normalized spacial score (nSPS) is 17.7. The molecule has 7 heteroatoms. The average Bonchev–Trinajstić information content (AvgIpc) is 2.42. The summed E-state index contributed by atoms with van der Waals surface area (Å²) >= 11 is 3.30. The first kappa shape index (κ1) is 17.6. The van der Waals surface area contributed by atoms with Crippen LogP contribution in [0.1, 0.15) is 12.0 Å². The summed E-state index contributed by atoms with van der Waals surface area (Å²) in [5.74, 6) is -0.103. The van der Waals surface area contributed by atoms with Crippen LogP contribution in [0.4, 0.5) is 13.2 Å². The fraction of sp³-hybridized carbons (Fsp3) is 0.600. The van der Waals surface area contributed by atoms with Gasteiger partial charge in [-0.05, 0) is 50.2 Å².